The first-order valence-corrected chi connectivity index (χ1v) is 4.15. The molecule has 0 saturated carbocycles. The Bertz CT molecular complexity index is 439. The SMILES string of the molecule is COc1ccc(-c2noc(CO)n2)nn1. The number of nitrogens with zero attached hydrogens (tertiary/aromatic N) is 4. The molecule has 7 nitrogen and oxygen atoms in total. The van der Waals surface area contributed by atoms with Crippen LogP contribution in [0.15, 0.2) is 16.7 Å². The van der Waals surface area contributed by atoms with Gasteiger partial charge in [0.25, 0.3) is 5.89 Å². The van der Waals surface area contributed by atoms with E-state index in [0.29, 0.717) is 11.6 Å². The number of rotatable bonds is 3. The fraction of sp³-hybridized carbons (Fsp3) is 0.250. The molecule has 0 aliphatic carbocycles. The van der Waals surface area contributed by atoms with Gasteiger partial charge < -0.3 is 14.4 Å². The molecule has 0 aliphatic heterocycles. The molecular formula is C8H8N4O3. The zero-order valence-electron chi connectivity index (χ0n) is 7.91. The van der Waals surface area contributed by atoms with Crippen LogP contribution in [0.1, 0.15) is 5.89 Å². The van der Waals surface area contributed by atoms with Gasteiger partial charge in [0.2, 0.25) is 11.7 Å². The summed E-state index contributed by atoms with van der Waals surface area (Å²) in [7, 11) is 1.50. The van der Waals surface area contributed by atoms with E-state index in [0.717, 1.165) is 0 Å². The van der Waals surface area contributed by atoms with E-state index in [-0.39, 0.29) is 18.3 Å². The minimum Gasteiger partial charge on any atom is -0.480 e. The van der Waals surface area contributed by atoms with E-state index in [1.807, 2.05) is 0 Å². The highest BCUT2D eigenvalue weighted by molar-refractivity contribution is 5.47. The van der Waals surface area contributed by atoms with Crippen LogP contribution in [0.5, 0.6) is 5.88 Å². The summed E-state index contributed by atoms with van der Waals surface area (Å²) < 4.78 is 9.57. The Morgan fingerprint density at radius 2 is 2.27 bits per heavy atom. The van der Waals surface area contributed by atoms with Crippen LogP contribution in [-0.4, -0.2) is 32.6 Å². The van der Waals surface area contributed by atoms with Crippen molar-refractivity contribution in [2.24, 2.45) is 0 Å². The monoisotopic (exact) mass is 208 g/mol. The minimum atomic E-state index is -0.295. The standard InChI is InChI=1S/C8H8N4O3/c1-14-6-3-2-5(10-11-6)8-9-7(4-13)15-12-8/h2-3,13H,4H2,1H3. The lowest BCUT2D eigenvalue weighted by Gasteiger charge is -1.96. The molecule has 0 bridgehead atoms. The van der Waals surface area contributed by atoms with Crippen LogP contribution in [0.4, 0.5) is 0 Å². The number of aliphatic hydroxyl groups is 1. The third-order valence-corrected chi connectivity index (χ3v) is 1.68. The molecule has 0 saturated heterocycles. The summed E-state index contributed by atoms with van der Waals surface area (Å²) in [4.78, 5) is 3.88. The molecular weight excluding hydrogens is 200 g/mol. The minimum absolute atomic E-state index is 0.141. The topological polar surface area (TPSA) is 94.2 Å². The van der Waals surface area contributed by atoms with E-state index in [9.17, 15) is 0 Å². The third-order valence-electron chi connectivity index (χ3n) is 1.68. The second kappa shape index (κ2) is 4.01. The second-order valence-corrected chi connectivity index (χ2v) is 2.63. The largest absolute Gasteiger partial charge is 0.480 e. The van der Waals surface area contributed by atoms with Crippen molar-refractivity contribution in [3.63, 3.8) is 0 Å². The van der Waals surface area contributed by atoms with Gasteiger partial charge >= 0.3 is 0 Å². The van der Waals surface area contributed by atoms with Crippen LogP contribution in [0, 0.1) is 0 Å². The molecule has 0 aromatic carbocycles. The summed E-state index contributed by atoms with van der Waals surface area (Å²) in [5.74, 6) is 0.835. The van der Waals surface area contributed by atoms with Gasteiger partial charge in [-0.2, -0.15) is 4.98 Å². The molecule has 0 unspecified atom stereocenters. The van der Waals surface area contributed by atoms with E-state index in [2.05, 4.69) is 20.3 Å². The summed E-state index contributed by atoms with van der Waals surface area (Å²) in [6, 6.07) is 3.29. The van der Waals surface area contributed by atoms with E-state index in [1.54, 1.807) is 12.1 Å². The van der Waals surface area contributed by atoms with Gasteiger partial charge in [0.15, 0.2) is 0 Å². The molecule has 78 valence electrons. The first-order chi connectivity index (χ1) is 7.33. The maximum absolute atomic E-state index is 8.73. The van der Waals surface area contributed by atoms with Gasteiger partial charge in [-0.25, -0.2) is 0 Å². The molecule has 15 heavy (non-hydrogen) atoms. The number of hydrogen-bond acceptors (Lipinski definition) is 7. The maximum atomic E-state index is 8.73. The van der Waals surface area contributed by atoms with Crippen molar-refractivity contribution < 1.29 is 14.4 Å². The first kappa shape index (κ1) is 9.53. The van der Waals surface area contributed by atoms with Gasteiger partial charge in [-0.15, -0.1) is 10.2 Å². The zero-order chi connectivity index (χ0) is 10.7. The summed E-state index contributed by atoms with van der Waals surface area (Å²) >= 11 is 0. The molecule has 7 heteroatoms. The molecule has 2 aromatic heterocycles. The van der Waals surface area contributed by atoms with Crippen LogP contribution in [-0.2, 0) is 6.61 Å². The molecule has 1 N–H and O–H groups in total. The molecule has 0 atom stereocenters. The smallest absolute Gasteiger partial charge is 0.252 e. The van der Waals surface area contributed by atoms with Crippen LogP contribution in [0.25, 0.3) is 11.5 Å². The summed E-state index contributed by atoms with van der Waals surface area (Å²) in [6.07, 6.45) is 0. The van der Waals surface area contributed by atoms with Crippen molar-refractivity contribution in [2.45, 2.75) is 6.61 Å². The average molecular weight is 208 g/mol. The number of methoxy groups -OCH3 is 1. The van der Waals surface area contributed by atoms with Crippen molar-refractivity contribution in [3.05, 3.63) is 18.0 Å². The Morgan fingerprint density at radius 1 is 1.40 bits per heavy atom. The molecule has 0 aliphatic rings. The normalized spacial score (nSPS) is 10.3. The van der Waals surface area contributed by atoms with Crippen LogP contribution < -0.4 is 4.74 Å². The number of aromatic nitrogens is 4. The van der Waals surface area contributed by atoms with E-state index in [1.165, 1.54) is 7.11 Å². The number of aliphatic hydroxyl groups excluding tert-OH is 1. The van der Waals surface area contributed by atoms with Gasteiger partial charge in [-0.1, -0.05) is 5.16 Å². The Balaban J connectivity index is 2.28. The summed E-state index contributed by atoms with van der Waals surface area (Å²) in [5, 5.41) is 19.9. The molecule has 2 aromatic rings. The average Bonchev–Trinajstić information content (AvgIpc) is 2.78. The quantitative estimate of drug-likeness (QED) is 0.760. The molecule has 0 radical (unpaired) electrons. The molecule has 0 fully saturated rings. The maximum Gasteiger partial charge on any atom is 0.252 e. The fourth-order valence-corrected chi connectivity index (χ4v) is 0.971. The molecule has 0 spiro atoms. The van der Waals surface area contributed by atoms with Crippen molar-refractivity contribution in [1.82, 2.24) is 20.3 Å². The third kappa shape index (κ3) is 1.91. The van der Waals surface area contributed by atoms with Gasteiger partial charge in [0, 0.05) is 6.07 Å². The highest BCUT2D eigenvalue weighted by atomic mass is 16.5. The van der Waals surface area contributed by atoms with Crippen molar-refractivity contribution in [3.8, 4) is 17.4 Å². The lowest BCUT2D eigenvalue weighted by molar-refractivity contribution is 0.222. The highest BCUT2D eigenvalue weighted by Crippen LogP contribution is 2.13. The van der Waals surface area contributed by atoms with Gasteiger partial charge in [-0.05, 0) is 6.07 Å². The second-order valence-electron chi connectivity index (χ2n) is 2.63. The summed E-state index contributed by atoms with van der Waals surface area (Å²) in [6.45, 7) is -0.295. The molecule has 0 amide bonds. The van der Waals surface area contributed by atoms with E-state index < -0.39 is 0 Å². The van der Waals surface area contributed by atoms with Gasteiger partial charge in [-0.3, -0.25) is 0 Å². The Hall–Kier alpha value is -2.02. The van der Waals surface area contributed by atoms with Crippen molar-refractivity contribution in [2.75, 3.05) is 7.11 Å². The number of hydrogen-bond donors (Lipinski definition) is 1. The summed E-state index contributed by atoms with van der Waals surface area (Å²) in [5.41, 5.74) is 0.458. The van der Waals surface area contributed by atoms with Gasteiger partial charge in [0.05, 0.1) is 7.11 Å². The van der Waals surface area contributed by atoms with E-state index in [4.69, 9.17) is 14.4 Å². The van der Waals surface area contributed by atoms with Crippen LogP contribution in [0.2, 0.25) is 0 Å². The Labute approximate surface area is 84.7 Å². The number of ether oxygens (including phenoxy) is 1. The zero-order valence-corrected chi connectivity index (χ0v) is 7.91. The first-order valence-electron chi connectivity index (χ1n) is 4.15. The van der Waals surface area contributed by atoms with E-state index >= 15 is 0 Å². The highest BCUT2D eigenvalue weighted by Gasteiger charge is 2.09. The van der Waals surface area contributed by atoms with Crippen LogP contribution in [0.3, 0.4) is 0 Å². The Kier molecular flexibility index (Phi) is 2.55. The predicted molar refractivity (Wildman–Crippen MR) is 47.8 cm³/mol. The molecule has 2 heterocycles. The lowest BCUT2D eigenvalue weighted by Crippen LogP contribution is -1.93. The Morgan fingerprint density at radius 3 is 2.80 bits per heavy atom. The predicted octanol–water partition coefficient (Wildman–Crippen LogP) is 0.0275. The fourth-order valence-electron chi connectivity index (χ4n) is 0.971. The molecule has 2 rings (SSSR count). The van der Waals surface area contributed by atoms with Crippen molar-refractivity contribution in [1.29, 1.82) is 0 Å². The van der Waals surface area contributed by atoms with Gasteiger partial charge in [0.1, 0.15) is 12.3 Å². The van der Waals surface area contributed by atoms with Crippen LogP contribution >= 0.6 is 0 Å². The lowest BCUT2D eigenvalue weighted by atomic mass is 10.4. The van der Waals surface area contributed by atoms with Crippen molar-refractivity contribution >= 4 is 0 Å².